The number of likely N-dealkylation sites (tertiary alicyclic amines) is 1. The van der Waals surface area contributed by atoms with E-state index < -0.39 is 0 Å². The molecule has 1 atom stereocenters. The number of aromatic nitrogens is 5. The number of fused-ring (bicyclic) bond motifs is 2. The maximum absolute atomic E-state index is 13.7. The zero-order chi connectivity index (χ0) is 24.9. The number of hydrogen-bond acceptors (Lipinski definition) is 5. The highest BCUT2D eigenvalue weighted by Gasteiger charge is 2.19. The van der Waals surface area contributed by atoms with Gasteiger partial charge in [0.1, 0.15) is 5.69 Å². The second kappa shape index (κ2) is 8.90. The van der Waals surface area contributed by atoms with Gasteiger partial charge in [-0.2, -0.15) is 9.49 Å². The summed E-state index contributed by atoms with van der Waals surface area (Å²) in [6.45, 7) is 5.50. The SMILES string of the molecule is CC1CCN(Cc2cncc(-c3cc4c(-c5cc6c(-c7ccc(F)s7)cccc6[nH]5)n[nH]c4cn3)c2)C1. The van der Waals surface area contributed by atoms with Crippen molar-refractivity contribution in [3.63, 3.8) is 0 Å². The van der Waals surface area contributed by atoms with Crippen LogP contribution in [0.1, 0.15) is 18.9 Å². The number of H-pyrrole nitrogens is 2. The Morgan fingerprint density at radius 2 is 2.00 bits per heavy atom. The number of nitrogens with zero attached hydrogens (tertiary/aromatic N) is 4. The predicted molar refractivity (Wildman–Crippen MR) is 147 cm³/mol. The minimum atomic E-state index is -0.186. The molecule has 6 heterocycles. The first-order valence-electron chi connectivity index (χ1n) is 12.5. The first-order valence-corrected chi connectivity index (χ1v) is 13.3. The molecule has 7 rings (SSSR count). The summed E-state index contributed by atoms with van der Waals surface area (Å²) in [5.74, 6) is 0.756. The van der Waals surface area contributed by atoms with Crippen LogP contribution in [0.3, 0.4) is 0 Å². The van der Waals surface area contributed by atoms with Gasteiger partial charge in [-0.25, -0.2) is 0 Å². The third kappa shape index (κ3) is 4.12. The number of hydrogen-bond donors (Lipinski definition) is 2. The second-order valence-corrected chi connectivity index (χ2v) is 11.0. The largest absolute Gasteiger partial charge is 0.353 e. The van der Waals surface area contributed by atoms with Crippen molar-refractivity contribution in [3.05, 3.63) is 77.8 Å². The zero-order valence-electron chi connectivity index (χ0n) is 20.3. The number of thiophene rings is 1. The highest BCUT2D eigenvalue weighted by Crippen LogP contribution is 2.37. The van der Waals surface area contributed by atoms with Crippen molar-refractivity contribution < 1.29 is 4.39 Å². The molecule has 1 aliphatic rings. The average Bonchev–Trinajstić information content (AvgIpc) is 3.70. The van der Waals surface area contributed by atoms with Crippen molar-refractivity contribution in [2.75, 3.05) is 13.1 Å². The summed E-state index contributed by atoms with van der Waals surface area (Å²) in [4.78, 5) is 16.1. The smallest absolute Gasteiger partial charge is 0.176 e. The summed E-state index contributed by atoms with van der Waals surface area (Å²) >= 11 is 1.16. The number of benzene rings is 1. The van der Waals surface area contributed by atoms with Crippen molar-refractivity contribution in [1.29, 1.82) is 0 Å². The van der Waals surface area contributed by atoms with Gasteiger partial charge in [0.25, 0.3) is 0 Å². The second-order valence-electron chi connectivity index (χ2n) is 9.95. The maximum Gasteiger partial charge on any atom is 0.176 e. The third-order valence-electron chi connectivity index (χ3n) is 7.21. The highest BCUT2D eigenvalue weighted by atomic mass is 32.1. The molecule has 0 saturated carbocycles. The van der Waals surface area contributed by atoms with E-state index in [1.165, 1.54) is 18.1 Å². The molecule has 1 fully saturated rings. The molecule has 1 saturated heterocycles. The summed E-state index contributed by atoms with van der Waals surface area (Å²) in [5.41, 5.74) is 7.65. The molecular formula is C29H25FN6S. The van der Waals surface area contributed by atoms with Gasteiger partial charge in [-0.15, -0.1) is 11.3 Å². The van der Waals surface area contributed by atoms with Crippen LogP contribution in [0.2, 0.25) is 0 Å². The Balaban J connectivity index is 1.26. The fraction of sp³-hybridized carbons (Fsp3) is 0.207. The van der Waals surface area contributed by atoms with Gasteiger partial charge in [-0.1, -0.05) is 19.1 Å². The molecule has 0 bridgehead atoms. The van der Waals surface area contributed by atoms with Crippen LogP contribution in [-0.4, -0.2) is 43.1 Å². The molecule has 184 valence electrons. The molecule has 0 spiro atoms. The minimum Gasteiger partial charge on any atom is -0.353 e. The van der Waals surface area contributed by atoms with Crippen LogP contribution in [-0.2, 0) is 6.54 Å². The molecule has 0 aliphatic carbocycles. The molecule has 0 amide bonds. The lowest BCUT2D eigenvalue weighted by Crippen LogP contribution is -2.19. The fourth-order valence-electron chi connectivity index (χ4n) is 5.38. The lowest BCUT2D eigenvalue weighted by Gasteiger charge is -2.15. The van der Waals surface area contributed by atoms with Crippen LogP contribution >= 0.6 is 11.3 Å². The van der Waals surface area contributed by atoms with Gasteiger partial charge in [0, 0.05) is 57.8 Å². The number of nitrogens with one attached hydrogen (secondary N) is 2. The van der Waals surface area contributed by atoms with Crippen LogP contribution in [0.15, 0.2) is 67.1 Å². The van der Waals surface area contributed by atoms with Gasteiger partial charge in [0.15, 0.2) is 5.13 Å². The molecule has 2 N–H and O–H groups in total. The molecule has 1 aliphatic heterocycles. The maximum atomic E-state index is 13.7. The number of pyridine rings is 2. The average molecular weight is 509 g/mol. The number of rotatable bonds is 5. The Morgan fingerprint density at radius 3 is 2.84 bits per heavy atom. The van der Waals surface area contributed by atoms with Crippen LogP contribution in [0.4, 0.5) is 4.39 Å². The van der Waals surface area contributed by atoms with Crippen LogP contribution in [0.25, 0.3) is 54.9 Å². The molecular weight excluding hydrogens is 483 g/mol. The Kier molecular flexibility index (Phi) is 5.37. The number of aromatic amines is 2. The molecule has 5 aromatic heterocycles. The van der Waals surface area contributed by atoms with Crippen molar-refractivity contribution in [2.24, 2.45) is 5.92 Å². The van der Waals surface area contributed by atoms with Crippen molar-refractivity contribution in [2.45, 2.75) is 19.9 Å². The van der Waals surface area contributed by atoms with E-state index in [1.54, 1.807) is 0 Å². The quantitative estimate of drug-likeness (QED) is 0.266. The van der Waals surface area contributed by atoms with Gasteiger partial charge in [-0.05, 0) is 60.8 Å². The van der Waals surface area contributed by atoms with E-state index >= 15 is 0 Å². The van der Waals surface area contributed by atoms with E-state index in [0.717, 1.165) is 91.8 Å². The lowest BCUT2D eigenvalue weighted by atomic mass is 10.1. The lowest BCUT2D eigenvalue weighted by molar-refractivity contribution is 0.320. The summed E-state index contributed by atoms with van der Waals surface area (Å²) < 4.78 is 13.7. The Morgan fingerprint density at radius 1 is 1.05 bits per heavy atom. The molecule has 1 unspecified atom stereocenters. The van der Waals surface area contributed by atoms with Gasteiger partial charge in [-0.3, -0.25) is 20.0 Å². The normalized spacial score (nSPS) is 16.3. The van der Waals surface area contributed by atoms with E-state index in [2.05, 4.69) is 50.2 Å². The van der Waals surface area contributed by atoms with E-state index in [1.807, 2.05) is 42.9 Å². The van der Waals surface area contributed by atoms with E-state index in [9.17, 15) is 4.39 Å². The number of halogens is 1. The van der Waals surface area contributed by atoms with Crippen LogP contribution < -0.4 is 0 Å². The van der Waals surface area contributed by atoms with Crippen molar-refractivity contribution in [3.8, 4) is 33.1 Å². The monoisotopic (exact) mass is 508 g/mol. The molecule has 6 aromatic rings. The van der Waals surface area contributed by atoms with Gasteiger partial charge < -0.3 is 4.98 Å². The highest BCUT2D eigenvalue weighted by molar-refractivity contribution is 7.14. The summed E-state index contributed by atoms with van der Waals surface area (Å²) in [6, 6.07) is 15.8. The summed E-state index contributed by atoms with van der Waals surface area (Å²) in [7, 11) is 0. The molecule has 8 heteroatoms. The van der Waals surface area contributed by atoms with E-state index in [-0.39, 0.29) is 5.13 Å². The molecule has 37 heavy (non-hydrogen) atoms. The zero-order valence-corrected chi connectivity index (χ0v) is 21.1. The first kappa shape index (κ1) is 22.3. The molecule has 6 nitrogen and oxygen atoms in total. The van der Waals surface area contributed by atoms with Crippen molar-refractivity contribution in [1.82, 2.24) is 30.0 Å². The van der Waals surface area contributed by atoms with E-state index in [4.69, 9.17) is 4.98 Å². The summed E-state index contributed by atoms with van der Waals surface area (Å²) in [6.07, 6.45) is 6.92. The first-order chi connectivity index (χ1) is 18.1. The molecule has 1 aromatic carbocycles. The van der Waals surface area contributed by atoms with Crippen LogP contribution in [0.5, 0.6) is 0 Å². The predicted octanol–water partition coefficient (Wildman–Crippen LogP) is 6.88. The van der Waals surface area contributed by atoms with Crippen molar-refractivity contribution >= 4 is 33.1 Å². The summed E-state index contributed by atoms with van der Waals surface area (Å²) in [5, 5.41) is 9.58. The van der Waals surface area contributed by atoms with Crippen LogP contribution in [0, 0.1) is 11.0 Å². The fourth-order valence-corrected chi connectivity index (χ4v) is 6.15. The Labute approximate surface area is 217 Å². The van der Waals surface area contributed by atoms with E-state index in [0.29, 0.717) is 0 Å². The van der Waals surface area contributed by atoms with Gasteiger partial charge >= 0.3 is 0 Å². The standard InChI is InChI=1S/C29H25FN6S/c1-17-7-8-36(15-17)16-18-9-19(13-31-12-18)24-11-22-26(14-32-24)34-35-29(22)25-10-21-20(3-2-4-23(21)33-25)27-5-6-28(30)37-27/h2-6,9-14,17,33H,7-8,15-16H2,1H3,(H,34,35). The minimum absolute atomic E-state index is 0.186. The molecule has 0 radical (unpaired) electrons. The third-order valence-corrected chi connectivity index (χ3v) is 8.12. The topological polar surface area (TPSA) is 73.5 Å². The Bertz CT molecular complexity index is 1750. The van der Waals surface area contributed by atoms with Gasteiger partial charge in [0.2, 0.25) is 0 Å². The Hall–Kier alpha value is -3.88. The van der Waals surface area contributed by atoms with Gasteiger partial charge in [0.05, 0.1) is 23.1 Å².